The van der Waals surface area contributed by atoms with Crippen LogP contribution in [-0.4, -0.2) is 29.6 Å². The molecular formula is C8H10BrNO2S. The van der Waals surface area contributed by atoms with Crippen LogP contribution in [0.4, 0.5) is 0 Å². The van der Waals surface area contributed by atoms with Crippen molar-refractivity contribution in [2.75, 3.05) is 13.6 Å². The molecule has 1 rings (SSSR count). The highest BCUT2D eigenvalue weighted by Gasteiger charge is 2.06. The molecule has 0 atom stereocenters. The number of rotatable bonds is 4. The summed E-state index contributed by atoms with van der Waals surface area (Å²) in [6, 6.07) is 2.00. The summed E-state index contributed by atoms with van der Waals surface area (Å²) in [4.78, 5) is 13.3. The lowest BCUT2D eigenvalue weighted by Gasteiger charge is -2.11. The largest absolute Gasteiger partial charge is 0.480 e. The van der Waals surface area contributed by atoms with Gasteiger partial charge in [0.2, 0.25) is 0 Å². The van der Waals surface area contributed by atoms with Crippen molar-refractivity contribution in [3.63, 3.8) is 0 Å². The fourth-order valence-electron chi connectivity index (χ4n) is 0.990. The minimum Gasteiger partial charge on any atom is -0.480 e. The average Bonchev–Trinajstić information content (AvgIpc) is 2.33. The van der Waals surface area contributed by atoms with Crippen molar-refractivity contribution in [1.82, 2.24) is 4.90 Å². The number of likely N-dealkylation sites (N-methyl/N-ethyl adjacent to an activating group) is 1. The molecule has 0 spiro atoms. The van der Waals surface area contributed by atoms with E-state index in [0.29, 0.717) is 6.54 Å². The molecule has 0 amide bonds. The molecule has 0 unspecified atom stereocenters. The predicted molar refractivity (Wildman–Crippen MR) is 56.0 cm³/mol. The molecule has 1 heterocycles. The summed E-state index contributed by atoms with van der Waals surface area (Å²) < 4.78 is 1.05. The Morgan fingerprint density at radius 1 is 1.77 bits per heavy atom. The molecule has 0 fully saturated rings. The number of carbonyl (C=O) groups is 1. The highest BCUT2D eigenvalue weighted by atomic mass is 79.9. The summed E-state index contributed by atoms with van der Waals surface area (Å²) in [7, 11) is 1.79. The molecule has 0 saturated carbocycles. The van der Waals surface area contributed by atoms with Crippen LogP contribution in [0.3, 0.4) is 0 Å². The highest BCUT2D eigenvalue weighted by Crippen LogP contribution is 2.20. The SMILES string of the molecule is CN(CC(=O)O)Cc1cc(Br)cs1. The van der Waals surface area contributed by atoms with E-state index in [4.69, 9.17) is 5.11 Å². The lowest BCUT2D eigenvalue weighted by atomic mass is 10.4. The van der Waals surface area contributed by atoms with E-state index < -0.39 is 5.97 Å². The quantitative estimate of drug-likeness (QED) is 0.904. The standard InChI is InChI=1S/C8H10BrNO2S/c1-10(4-8(11)12)3-7-2-6(9)5-13-7/h2,5H,3-4H2,1H3,(H,11,12). The van der Waals surface area contributed by atoms with Crippen molar-refractivity contribution in [2.45, 2.75) is 6.54 Å². The Bertz CT molecular complexity index is 300. The van der Waals surface area contributed by atoms with E-state index in [0.717, 1.165) is 9.35 Å². The molecule has 1 aromatic rings. The second-order valence-corrected chi connectivity index (χ2v) is 4.71. The number of carboxylic acid groups (broad SMARTS) is 1. The number of carboxylic acids is 1. The molecule has 0 aliphatic heterocycles. The lowest BCUT2D eigenvalue weighted by molar-refractivity contribution is -0.138. The molecule has 5 heteroatoms. The number of thiophene rings is 1. The maximum absolute atomic E-state index is 10.4. The van der Waals surface area contributed by atoms with Crippen LogP contribution >= 0.6 is 27.3 Å². The third-order valence-electron chi connectivity index (χ3n) is 1.45. The van der Waals surface area contributed by atoms with Crippen LogP contribution in [0.2, 0.25) is 0 Å². The second-order valence-electron chi connectivity index (χ2n) is 2.80. The Labute approximate surface area is 89.1 Å². The molecule has 0 aliphatic carbocycles. The van der Waals surface area contributed by atoms with E-state index in [1.807, 2.05) is 11.4 Å². The number of hydrogen-bond donors (Lipinski definition) is 1. The van der Waals surface area contributed by atoms with Gasteiger partial charge in [0.15, 0.2) is 0 Å². The first-order valence-corrected chi connectivity index (χ1v) is 5.38. The van der Waals surface area contributed by atoms with Crippen molar-refractivity contribution >= 4 is 33.2 Å². The number of halogens is 1. The minimum atomic E-state index is -0.793. The van der Waals surface area contributed by atoms with E-state index in [9.17, 15) is 4.79 Å². The van der Waals surface area contributed by atoms with Gasteiger partial charge in [-0.15, -0.1) is 11.3 Å². The van der Waals surface area contributed by atoms with Crippen LogP contribution in [0, 0.1) is 0 Å². The summed E-state index contributed by atoms with van der Waals surface area (Å²) in [6.07, 6.45) is 0. The van der Waals surface area contributed by atoms with Gasteiger partial charge in [0.1, 0.15) is 0 Å². The van der Waals surface area contributed by atoms with Gasteiger partial charge >= 0.3 is 5.97 Å². The topological polar surface area (TPSA) is 40.5 Å². The summed E-state index contributed by atoms with van der Waals surface area (Å²) in [5, 5.41) is 10.5. The Kier molecular flexibility index (Phi) is 3.90. The van der Waals surface area contributed by atoms with E-state index in [2.05, 4.69) is 15.9 Å². The number of hydrogen-bond acceptors (Lipinski definition) is 3. The van der Waals surface area contributed by atoms with Gasteiger partial charge in [-0.3, -0.25) is 9.69 Å². The third-order valence-corrected chi connectivity index (χ3v) is 3.14. The summed E-state index contributed by atoms with van der Waals surface area (Å²) >= 11 is 4.97. The molecule has 72 valence electrons. The van der Waals surface area contributed by atoms with Gasteiger partial charge in [-0.05, 0) is 29.0 Å². The van der Waals surface area contributed by atoms with Gasteiger partial charge in [-0.2, -0.15) is 0 Å². The Morgan fingerprint density at radius 3 is 2.92 bits per heavy atom. The molecule has 0 aromatic carbocycles. The predicted octanol–water partition coefficient (Wildman–Crippen LogP) is 2.03. The molecule has 1 aromatic heterocycles. The molecule has 0 saturated heterocycles. The molecule has 0 bridgehead atoms. The maximum atomic E-state index is 10.4. The van der Waals surface area contributed by atoms with Gasteiger partial charge in [-0.25, -0.2) is 0 Å². The van der Waals surface area contributed by atoms with Crippen molar-refractivity contribution in [1.29, 1.82) is 0 Å². The molecule has 0 aliphatic rings. The van der Waals surface area contributed by atoms with Crippen molar-refractivity contribution in [3.8, 4) is 0 Å². The smallest absolute Gasteiger partial charge is 0.317 e. The zero-order valence-electron chi connectivity index (χ0n) is 7.16. The molecule has 3 nitrogen and oxygen atoms in total. The van der Waals surface area contributed by atoms with Crippen LogP contribution in [0.5, 0.6) is 0 Å². The Hall–Kier alpha value is -0.390. The van der Waals surface area contributed by atoms with Crippen LogP contribution in [0.25, 0.3) is 0 Å². The van der Waals surface area contributed by atoms with Gasteiger partial charge in [-0.1, -0.05) is 0 Å². The second kappa shape index (κ2) is 4.74. The summed E-state index contributed by atoms with van der Waals surface area (Å²) in [5.41, 5.74) is 0. The van der Waals surface area contributed by atoms with Gasteiger partial charge in [0.25, 0.3) is 0 Å². The summed E-state index contributed by atoms with van der Waals surface area (Å²) in [5.74, 6) is -0.793. The van der Waals surface area contributed by atoms with Crippen LogP contribution in [0.15, 0.2) is 15.9 Å². The number of nitrogens with zero attached hydrogens (tertiary/aromatic N) is 1. The molecule has 0 radical (unpaired) electrons. The first-order valence-electron chi connectivity index (χ1n) is 3.71. The third kappa shape index (κ3) is 3.89. The fraction of sp³-hybridized carbons (Fsp3) is 0.375. The normalized spacial score (nSPS) is 10.7. The van der Waals surface area contributed by atoms with Crippen LogP contribution < -0.4 is 0 Å². The minimum absolute atomic E-state index is 0.0789. The van der Waals surface area contributed by atoms with Crippen LogP contribution in [0.1, 0.15) is 4.88 Å². The monoisotopic (exact) mass is 263 g/mol. The zero-order chi connectivity index (χ0) is 9.84. The average molecular weight is 264 g/mol. The maximum Gasteiger partial charge on any atom is 0.317 e. The van der Waals surface area contributed by atoms with Crippen molar-refractivity contribution in [2.24, 2.45) is 0 Å². The Balaban J connectivity index is 2.44. The fourth-order valence-corrected chi connectivity index (χ4v) is 2.52. The van der Waals surface area contributed by atoms with Gasteiger partial charge in [0.05, 0.1) is 6.54 Å². The highest BCUT2D eigenvalue weighted by molar-refractivity contribution is 9.10. The zero-order valence-corrected chi connectivity index (χ0v) is 9.56. The first-order chi connectivity index (χ1) is 6.08. The number of aliphatic carboxylic acids is 1. The van der Waals surface area contributed by atoms with Crippen molar-refractivity contribution < 1.29 is 9.90 Å². The van der Waals surface area contributed by atoms with Crippen LogP contribution in [-0.2, 0) is 11.3 Å². The van der Waals surface area contributed by atoms with E-state index >= 15 is 0 Å². The molecule has 1 N–H and O–H groups in total. The summed E-state index contributed by atoms with van der Waals surface area (Å²) in [6.45, 7) is 0.762. The first kappa shape index (κ1) is 10.7. The van der Waals surface area contributed by atoms with E-state index in [-0.39, 0.29) is 6.54 Å². The van der Waals surface area contributed by atoms with E-state index in [1.165, 1.54) is 0 Å². The molecule has 13 heavy (non-hydrogen) atoms. The lowest BCUT2D eigenvalue weighted by Crippen LogP contribution is -2.24. The van der Waals surface area contributed by atoms with Gasteiger partial charge < -0.3 is 5.11 Å². The molecular weight excluding hydrogens is 254 g/mol. The Morgan fingerprint density at radius 2 is 2.46 bits per heavy atom. The van der Waals surface area contributed by atoms with Crippen molar-refractivity contribution in [3.05, 3.63) is 20.8 Å². The van der Waals surface area contributed by atoms with E-state index in [1.54, 1.807) is 23.3 Å². The van der Waals surface area contributed by atoms with Gasteiger partial charge in [0, 0.05) is 21.3 Å².